The number of hydrogen-bond acceptors (Lipinski definition) is 5. The Morgan fingerprint density at radius 3 is 2.30 bits per heavy atom. The first-order valence-corrected chi connectivity index (χ1v) is 11.6. The summed E-state index contributed by atoms with van der Waals surface area (Å²) in [5.74, 6) is -0.904. The van der Waals surface area contributed by atoms with Crippen LogP contribution in [0, 0.1) is 11.3 Å². The Bertz CT molecular complexity index is 817. The van der Waals surface area contributed by atoms with Crippen LogP contribution in [0.3, 0.4) is 0 Å². The third-order valence-electron chi connectivity index (χ3n) is 6.14. The summed E-state index contributed by atoms with van der Waals surface area (Å²) >= 11 is 0. The highest BCUT2D eigenvalue weighted by molar-refractivity contribution is 5.95. The molecule has 0 radical (unpaired) electrons. The summed E-state index contributed by atoms with van der Waals surface area (Å²) in [5, 5.41) is 28.2. The lowest BCUT2D eigenvalue weighted by atomic mass is 9.85. The van der Waals surface area contributed by atoms with Gasteiger partial charge in [-0.1, -0.05) is 56.4 Å². The van der Waals surface area contributed by atoms with Gasteiger partial charge in [0.2, 0.25) is 5.91 Å². The number of nitrogens with two attached hydrogens (primary N) is 1. The van der Waals surface area contributed by atoms with Gasteiger partial charge in [-0.05, 0) is 30.7 Å². The van der Waals surface area contributed by atoms with E-state index in [2.05, 4.69) is 5.32 Å². The van der Waals surface area contributed by atoms with E-state index in [0.29, 0.717) is 37.4 Å². The molecule has 2 unspecified atom stereocenters. The summed E-state index contributed by atoms with van der Waals surface area (Å²) in [6.07, 6.45) is 6.64. The first-order chi connectivity index (χ1) is 15.7. The van der Waals surface area contributed by atoms with E-state index in [9.17, 15) is 14.7 Å². The van der Waals surface area contributed by atoms with Gasteiger partial charge in [-0.25, -0.2) is 0 Å². The molecule has 0 spiro atoms. The number of aliphatic hydroxyl groups is 1. The van der Waals surface area contributed by atoms with E-state index in [4.69, 9.17) is 21.0 Å². The smallest absolute Gasteiger partial charge is 0.300 e. The zero-order valence-corrected chi connectivity index (χ0v) is 19.3. The largest absolute Gasteiger partial charge is 0.481 e. The number of carbonyl (C=O) groups excluding carboxylic acids is 2. The minimum absolute atomic E-state index is 0.00693. The van der Waals surface area contributed by atoms with Crippen molar-refractivity contribution in [2.45, 2.75) is 77.0 Å². The first kappa shape index (κ1) is 26.3. The molecule has 1 aromatic carbocycles. The summed E-state index contributed by atoms with van der Waals surface area (Å²) in [6, 6.07) is 6.62. The van der Waals surface area contributed by atoms with E-state index in [-0.39, 0.29) is 17.6 Å². The molecule has 3 rings (SSSR count). The molecule has 6 N–H and O–H groups in total. The third kappa shape index (κ3) is 8.49. The van der Waals surface area contributed by atoms with Gasteiger partial charge in [-0.2, -0.15) is 0 Å². The summed E-state index contributed by atoms with van der Waals surface area (Å²) in [5.41, 5.74) is 6.99. The topological polar surface area (TPSA) is 157 Å². The second-order valence-electron chi connectivity index (χ2n) is 8.79. The molecule has 1 aliphatic carbocycles. The van der Waals surface area contributed by atoms with Crippen LogP contribution in [0.4, 0.5) is 0 Å². The van der Waals surface area contributed by atoms with Gasteiger partial charge in [-0.3, -0.25) is 19.8 Å². The number of aliphatic carboxylic acids is 1. The molecule has 2 fully saturated rings. The summed E-state index contributed by atoms with van der Waals surface area (Å²) < 4.78 is 0. The molecule has 9 nitrogen and oxygen atoms in total. The van der Waals surface area contributed by atoms with Crippen LogP contribution in [0.15, 0.2) is 24.3 Å². The predicted molar refractivity (Wildman–Crippen MR) is 125 cm³/mol. The summed E-state index contributed by atoms with van der Waals surface area (Å²) in [4.78, 5) is 36.0. The van der Waals surface area contributed by atoms with Crippen molar-refractivity contribution in [2.24, 2.45) is 11.7 Å². The van der Waals surface area contributed by atoms with Crippen molar-refractivity contribution in [1.82, 2.24) is 10.2 Å². The van der Waals surface area contributed by atoms with E-state index in [1.54, 1.807) is 17.0 Å². The number of aliphatic hydroxyl groups excluding tert-OH is 1. The summed E-state index contributed by atoms with van der Waals surface area (Å²) in [7, 11) is 0. The molecule has 9 heteroatoms. The van der Waals surface area contributed by atoms with Crippen LogP contribution in [0.1, 0.15) is 69.4 Å². The zero-order valence-electron chi connectivity index (χ0n) is 19.3. The van der Waals surface area contributed by atoms with Gasteiger partial charge < -0.3 is 26.2 Å². The molecule has 2 amide bonds. The van der Waals surface area contributed by atoms with E-state index in [0.717, 1.165) is 31.7 Å². The molecule has 1 aliphatic heterocycles. The molecule has 2 atom stereocenters. The predicted octanol–water partition coefficient (Wildman–Crippen LogP) is 2.00. The molecule has 1 aromatic rings. The number of carboxylic acids is 1. The average molecular weight is 461 g/mol. The van der Waals surface area contributed by atoms with E-state index in [1.165, 1.54) is 19.3 Å². The minimum atomic E-state index is -1.01. The maximum absolute atomic E-state index is 12.8. The minimum Gasteiger partial charge on any atom is -0.481 e. The Morgan fingerprint density at radius 2 is 1.73 bits per heavy atom. The van der Waals surface area contributed by atoms with Crippen molar-refractivity contribution >= 4 is 23.6 Å². The highest BCUT2D eigenvalue weighted by atomic mass is 16.4. The molecule has 1 saturated carbocycles. The molecule has 0 bridgehead atoms. The molecule has 2 aliphatic rings. The number of carboxylic acid groups (broad SMARTS) is 1. The fourth-order valence-electron chi connectivity index (χ4n) is 4.44. The number of nitrogens with one attached hydrogen (secondary N) is 2. The fraction of sp³-hybridized carbons (Fsp3) is 0.583. The highest BCUT2D eigenvalue weighted by Crippen LogP contribution is 2.28. The molecule has 1 saturated heterocycles. The van der Waals surface area contributed by atoms with Crippen molar-refractivity contribution in [1.29, 1.82) is 5.41 Å². The molecule has 0 aromatic heterocycles. The van der Waals surface area contributed by atoms with Gasteiger partial charge in [0.15, 0.2) is 0 Å². The van der Waals surface area contributed by atoms with Crippen molar-refractivity contribution in [3.8, 4) is 0 Å². The maximum Gasteiger partial charge on any atom is 0.300 e. The second kappa shape index (κ2) is 12.9. The van der Waals surface area contributed by atoms with E-state index < -0.39 is 18.1 Å². The van der Waals surface area contributed by atoms with Gasteiger partial charge in [0.05, 0.1) is 0 Å². The number of hydrogen-bond donors (Lipinski definition) is 5. The Kier molecular flexibility index (Phi) is 10.3. The number of amidine groups is 1. The molecule has 182 valence electrons. The number of nitrogen functional groups attached to an aromatic ring is 1. The SMILES string of the molecule is CC(=O)O.N=C(N)c1ccc(CNC(=O)C2CCCN2C(=O)C(O)CC2CCCCC2)cc1. The fourth-order valence-corrected chi connectivity index (χ4v) is 4.44. The standard InChI is InChI=1S/C22H32N4O3.C2H4O2/c23-20(24)17-10-8-16(9-11-17)14-25-21(28)18-7-4-12-26(18)22(29)19(27)13-15-5-2-1-3-6-15;1-2(3)4/h8-11,15,18-19,27H,1-7,12-14H2,(H3,23,24)(H,25,28);1H3,(H,3,4). The van der Waals surface area contributed by atoms with Crippen molar-refractivity contribution < 1.29 is 24.6 Å². The quantitative estimate of drug-likeness (QED) is 0.309. The number of rotatable bonds is 7. The first-order valence-electron chi connectivity index (χ1n) is 11.6. The average Bonchev–Trinajstić information content (AvgIpc) is 3.27. The van der Waals surface area contributed by atoms with Crippen LogP contribution in [0.25, 0.3) is 0 Å². The summed E-state index contributed by atoms with van der Waals surface area (Å²) in [6.45, 7) is 1.95. The lowest BCUT2D eigenvalue weighted by Gasteiger charge is -2.29. The van der Waals surface area contributed by atoms with Gasteiger partial charge in [-0.15, -0.1) is 0 Å². The Balaban J connectivity index is 0.000000890. The zero-order chi connectivity index (χ0) is 24.4. The number of carbonyl (C=O) groups is 3. The van der Waals surface area contributed by atoms with Crippen LogP contribution in [-0.2, 0) is 20.9 Å². The van der Waals surface area contributed by atoms with Gasteiger partial charge >= 0.3 is 0 Å². The van der Waals surface area contributed by atoms with Crippen LogP contribution in [0.2, 0.25) is 0 Å². The molecular weight excluding hydrogens is 424 g/mol. The van der Waals surface area contributed by atoms with Crippen LogP contribution < -0.4 is 11.1 Å². The Morgan fingerprint density at radius 1 is 1.12 bits per heavy atom. The molecule has 1 heterocycles. The van der Waals surface area contributed by atoms with Gasteiger partial charge in [0.1, 0.15) is 18.0 Å². The number of likely N-dealkylation sites (tertiary alicyclic amines) is 1. The lowest BCUT2D eigenvalue weighted by molar-refractivity contribution is -0.146. The van der Waals surface area contributed by atoms with E-state index in [1.807, 2.05) is 12.1 Å². The van der Waals surface area contributed by atoms with Crippen LogP contribution in [0.5, 0.6) is 0 Å². The third-order valence-corrected chi connectivity index (χ3v) is 6.14. The van der Waals surface area contributed by atoms with Crippen molar-refractivity contribution in [2.75, 3.05) is 6.54 Å². The van der Waals surface area contributed by atoms with Crippen molar-refractivity contribution in [3.63, 3.8) is 0 Å². The van der Waals surface area contributed by atoms with E-state index >= 15 is 0 Å². The maximum atomic E-state index is 12.8. The Labute approximate surface area is 194 Å². The number of nitrogens with zero attached hydrogens (tertiary/aromatic N) is 1. The molecule has 33 heavy (non-hydrogen) atoms. The van der Waals surface area contributed by atoms with Crippen LogP contribution >= 0.6 is 0 Å². The Hall–Kier alpha value is -2.94. The molecular formula is C24H36N4O5. The monoisotopic (exact) mass is 460 g/mol. The number of benzene rings is 1. The second-order valence-corrected chi connectivity index (χ2v) is 8.79. The normalized spacial score (nSPS) is 19.2. The number of amides is 2. The van der Waals surface area contributed by atoms with Gasteiger partial charge in [0, 0.05) is 25.6 Å². The highest BCUT2D eigenvalue weighted by Gasteiger charge is 2.37. The van der Waals surface area contributed by atoms with Crippen molar-refractivity contribution in [3.05, 3.63) is 35.4 Å². The van der Waals surface area contributed by atoms with Crippen LogP contribution in [-0.4, -0.2) is 57.4 Å². The van der Waals surface area contributed by atoms with Gasteiger partial charge in [0.25, 0.3) is 11.9 Å². The lowest BCUT2D eigenvalue weighted by Crippen LogP contribution is -2.49.